The molecule has 3 heteroatoms. The molecule has 0 aliphatic heterocycles. The average Bonchev–Trinajstić information content (AvgIpc) is 2.26. The van der Waals surface area contributed by atoms with E-state index in [-0.39, 0.29) is 12.4 Å². The Morgan fingerprint density at radius 3 is 2.18 bits per heavy atom. The highest BCUT2D eigenvalue weighted by molar-refractivity contribution is 5.81. The van der Waals surface area contributed by atoms with Crippen molar-refractivity contribution < 1.29 is 14.3 Å². The van der Waals surface area contributed by atoms with Crippen LogP contribution in [-0.4, -0.2) is 18.4 Å². The van der Waals surface area contributed by atoms with E-state index in [1.807, 2.05) is 0 Å². The number of rotatable bonds is 4. The largest absolute Gasteiger partial charge is 0.435 e. The molecule has 3 nitrogen and oxygen atoms in total. The summed E-state index contributed by atoms with van der Waals surface area (Å²) >= 11 is 0. The number of hydrogen-bond donors (Lipinski definition) is 0. The summed E-state index contributed by atoms with van der Waals surface area (Å²) < 4.78 is 10.9. The van der Waals surface area contributed by atoms with Crippen LogP contribution in [0.5, 0.6) is 0 Å². The van der Waals surface area contributed by atoms with Gasteiger partial charge in [0.1, 0.15) is 0 Å². The van der Waals surface area contributed by atoms with Crippen molar-refractivity contribution in [1.82, 2.24) is 0 Å². The fourth-order valence-corrected chi connectivity index (χ4v) is 4.48. The standard InChI is InChI=1S/C14H20O3/c1-2-13(15)16-9-17-14-6-10-3-11(7-14)5-12(4-10)8-14/h2,10-12H,1,3-9H2. The summed E-state index contributed by atoms with van der Waals surface area (Å²) in [6.45, 7) is 3.47. The van der Waals surface area contributed by atoms with Gasteiger partial charge in [0, 0.05) is 6.08 Å². The van der Waals surface area contributed by atoms with Gasteiger partial charge in [-0.25, -0.2) is 4.79 Å². The zero-order chi connectivity index (χ0) is 11.9. The van der Waals surface area contributed by atoms with Gasteiger partial charge in [-0.05, 0) is 56.3 Å². The lowest BCUT2D eigenvalue weighted by Gasteiger charge is -2.56. The molecule has 0 atom stereocenters. The lowest BCUT2D eigenvalue weighted by Crippen LogP contribution is -2.52. The molecular formula is C14H20O3. The van der Waals surface area contributed by atoms with Crippen LogP contribution in [0.3, 0.4) is 0 Å². The van der Waals surface area contributed by atoms with Crippen molar-refractivity contribution in [1.29, 1.82) is 0 Å². The molecule has 4 aliphatic rings. The third-order valence-corrected chi connectivity index (χ3v) is 4.72. The van der Waals surface area contributed by atoms with Crippen LogP contribution in [-0.2, 0) is 14.3 Å². The Bertz CT molecular complexity index is 299. The van der Waals surface area contributed by atoms with E-state index in [1.54, 1.807) is 0 Å². The minimum atomic E-state index is -0.394. The Morgan fingerprint density at radius 1 is 1.18 bits per heavy atom. The van der Waals surface area contributed by atoms with Gasteiger partial charge >= 0.3 is 5.97 Å². The Balaban J connectivity index is 1.59. The van der Waals surface area contributed by atoms with E-state index in [1.165, 1.54) is 44.6 Å². The molecule has 0 heterocycles. The molecule has 0 saturated heterocycles. The van der Waals surface area contributed by atoms with Crippen LogP contribution >= 0.6 is 0 Å². The van der Waals surface area contributed by atoms with Crippen LogP contribution < -0.4 is 0 Å². The van der Waals surface area contributed by atoms with Crippen LogP contribution in [0.2, 0.25) is 0 Å². The lowest BCUT2D eigenvalue weighted by molar-refractivity contribution is -0.208. The summed E-state index contributed by atoms with van der Waals surface area (Å²) in [5.41, 5.74) is 0.0240. The predicted molar refractivity (Wildman–Crippen MR) is 63.1 cm³/mol. The third kappa shape index (κ3) is 2.13. The number of carbonyl (C=O) groups is 1. The maximum Gasteiger partial charge on any atom is 0.332 e. The molecule has 17 heavy (non-hydrogen) atoms. The van der Waals surface area contributed by atoms with E-state index >= 15 is 0 Å². The fraction of sp³-hybridized carbons (Fsp3) is 0.786. The van der Waals surface area contributed by atoms with Crippen molar-refractivity contribution in [2.75, 3.05) is 6.79 Å². The van der Waals surface area contributed by atoms with Gasteiger partial charge in [-0.2, -0.15) is 0 Å². The van der Waals surface area contributed by atoms with Gasteiger partial charge in [-0.1, -0.05) is 6.58 Å². The van der Waals surface area contributed by atoms with Gasteiger partial charge in [-0.15, -0.1) is 0 Å². The van der Waals surface area contributed by atoms with Crippen molar-refractivity contribution in [3.8, 4) is 0 Å². The number of carbonyl (C=O) groups excluding carboxylic acids is 1. The van der Waals surface area contributed by atoms with Gasteiger partial charge in [0.25, 0.3) is 0 Å². The molecule has 4 rings (SSSR count). The third-order valence-electron chi connectivity index (χ3n) is 4.72. The molecule has 0 radical (unpaired) electrons. The summed E-state index contributed by atoms with van der Waals surface area (Å²) in [5, 5.41) is 0. The molecule has 4 saturated carbocycles. The Morgan fingerprint density at radius 2 is 1.71 bits per heavy atom. The smallest absolute Gasteiger partial charge is 0.332 e. The number of hydrogen-bond acceptors (Lipinski definition) is 3. The van der Waals surface area contributed by atoms with Crippen molar-refractivity contribution >= 4 is 5.97 Å². The second-order valence-electron chi connectivity index (χ2n) is 6.03. The monoisotopic (exact) mass is 236 g/mol. The van der Waals surface area contributed by atoms with Gasteiger partial charge in [-0.3, -0.25) is 0 Å². The highest BCUT2D eigenvalue weighted by atomic mass is 16.7. The zero-order valence-electron chi connectivity index (χ0n) is 10.2. The van der Waals surface area contributed by atoms with Gasteiger partial charge in [0.2, 0.25) is 0 Å². The fourth-order valence-electron chi connectivity index (χ4n) is 4.48. The lowest BCUT2D eigenvalue weighted by atomic mass is 9.54. The first-order valence-electron chi connectivity index (χ1n) is 6.62. The van der Waals surface area contributed by atoms with E-state index < -0.39 is 5.97 Å². The summed E-state index contributed by atoms with van der Waals surface area (Å²) in [6.07, 6.45) is 8.89. The van der Waals surface area contributed by atoms with Crippen molar-refractivity contribution in [2.45, 2.75) is 44.1 Å². The highest BCUT2D eigenvalue weighted by Gasteiger charge is 2.51. The first-order valence-corrected chi connectivity index (χ1v) is 6.62. The molecule has 94 valence electrons. The topological polar surface area (TPSA) is 35.5 Å². The van der Waals surface area contributed by atoms with Crippen molar-refractivity contribution in [3.05, 3.63) is 12.7 Å². The van der Waals surface area contributed by atoms with Crippen LogP contribution in [0.15, 0.2) is 12.7 Å². The molecule has 0 N–H and O–H groups in total. The minimum Gasteiger partial charge on any atom is -0.435 e. The normalized spacial score (nSPS) is 42.5. The van der Waals surface area contributed by atoms with E-state index in [9.17, 15) is 4.79 Å². The van der Waals surface area contributed by atoms with Gasteiger partial charge in [0.15, 0.2) is 6.79 Å². The maximum absolute atomic E-state index is 11.0. The zero-order valence-corrected chi connectivity index (χ0v) is 10.2. The SMILES string of the molecule is C=CC(=O)OCOC12CC3CC(CC(C3)C1)C2. The summed E-state index contributed by atoms with van der Waals surface area (Å²) in [6, 6.07) is 0. The molecule has 0 amide bonds. The summed E-state index contributed by atoms with van der Waals surface area (Å²) in [7, 11) is 0. The predicted octanol–water partition coefficient (Wildman–Crippen LogP) is 2.66. The quantitative estimate of drug-likeness (QED) is 0.427. The van der Waals surface area contributed by atoms with Crippen LogP contribution in [0.1, 0.15) is 38.5 Å². The van der Waals surface area contributed by atoms with E-state index in [2.05, 4.69) is 6.58 Å². The maximum atomic E-state index is 11.0. The first-order chi connectivity index (χ1) is 8.19. The van der Waals surface area contributed by atoms with E-state index in [0.717, 1.165) is 17.8 Å². The first kappa shape index (κ1) is 11.3. The van der Waals surface area contributed by atoms with E-state index in [0.29, 0.717) is 0 Å². The molecule has 0 unspecified atom stereocenters. The Labute approximate surface area is 102 Å². The second kappa shape index (κ2) is 4.13. The molecule has 0 aromatic heterocycles. The van der Waals surface area contributed by atoms with Gasteiger partial charge < -0.3 is 9.47 Å². The summed E-state index contributed by atoms with van der Waals surface area (Å²) in [4.78, 5) is 11.0. The molecule has 0 aromatic rings. The second-order valence-corrected chi connectivity index (χ2v) is 6.03. The molecule has 4 fully saturated rings. The van der Waals surface area contributed by atoms with Crippen molar-refractivity contribution in [3.63, 3.8) is 0 Å². The van der Waals surface area contributed by atoms with Crippen LogP contribution in [0, 0.1) is 17.8 Å². The van der Waals surface area contributed by atoms with Crippen LogP contribution in [0.25, 0.3) is 0 Å². The van der Waals surface area contributed by atoms with Gasteiger partial charge in [0.05, 0.1) is 5.60 Å². The highest BCUT2D eigenvalue weighted by Crippen LogP contribution is 2.57. The molecule has 0 spiro atoms. The Hall–Kier alpha value is -0.830. The van der Waals surface area contributed by atoms with Crippen molar-refractivity contribution in [2.24, 2.45) is 17.8 Å². The number of ether oxygens (including phenoxy) is 2. The van der Waals surface area contributed by atoms with Crippen LogP contribution in [0.4, 0.5) is 0 Å². The Kier molecular flexibility index (Phi) is 2.74. The summed E-state index contributed by atoms with van der Waals surface area (Å²) in [5.74, 6) is 2.18. The number of esters is 1. The molecular weight excluding hydrogens is 216 g/mol. The molecule has 4 aliphatic carbocycles. The minimum absolute atomic E-state index is 0.0240. The van der Waals surface area contributed by atoms with E-state index in [4.69, 9.17) is 9.47 Å². The molecule has 4 bridgehead atoms. The average molecular weight is 236 g/mol. The molecule has 0 aromatic carbocycles.